The molecule has 1 fully saturated rings. The monoisotopic (exact) mass is 366 g/mol. The van der Waals surface area contributed by atoms with E-state index in [1.165, 1.54) is 19.0 Å². The number of β-amino-alcohol motifs (C(OH)–C–C–N with tert-alkyl or cyclic N) is 1. The molecule has 1 saturated heterocycles. The van der Waals surface area contributed by atoms with Crippen LogP contribution in [0.2, 0.25) is 0 Å². The van der Waals surface area contributed by atoms with Crippen molar-refractivity contribution in [2.24, 2.45) is 13.0 Å². The topological polar surface area (TPSA) is 95.7 Å². The Kier molecular flexibility index (Phi) is 4.56. The quantitative estimate of drug-likeness (QED) is 0.815. The third-order valence-electron chi connectivity index (χ3n) is 4.64. The second-order valence-electron chi connectivity index (χ2n) is 6.59. The van der Waals surface area contributed by atoms with Crippen molar-refractivity contribution in [3.63, 3.8) is 0 Å². The Hall–Kier alpha value is -1.97. The number of hydrogen-bond donors (Lipinski definition) is 1. The highest BCUT2D eigenvalue weighted by Crippen LogP contribution is 2.24. The molecular weight excluding hydrogens is 344 g/mol. The van der Waals surface area contributed by atoms with Crippen molar-refractivity contribution in [3.8, 4) is 0 Å². The molecule has 0 spiro atoms. The first-order valence-corrected chi connectivity index (χ1v) is 9.61. The average Bonchev–Trinajstić information content (AvgIpc) is 3.08. The van der Waals surface area contributed by atoms with Crippen LogP contribution < -0.4 is 0 Å². The first-order valence-electron chi connectivity index (χ1n) is 8.00. The van der Waals surface area contributed by atoms with E-state index in [0.29, 0.717) is 5.69 Å². The number of likely N-dealkylation sites (tertiary alicyclic amines) is 1. The molecule has 25 heavy (non-hydrogen) atoms. The van der Waals surface area contributed by atoms with Gasteiger partial charge in [0.2, 0.25) is 10.0 Å². The lowest BCUT2D eigenvalue weighted by Gasteiger charge is -2.17. The number of carbonyl (C=O) groups is 1. The number of hydrogen-bond acceptors (Lipinski definition) is 5. The molecule has 2 atom stereocenters. The van der Waals surface area contributed by atoms with Gasteiger partial charge in [0.15, 0.2) is 5.69 Å². The van der Waals surface area contributed by atoms with Crippen molar-refractivity contribution in [3.05, 3.63) is 30.0 Å². The van der Waals surface area contributed by atoms with E-state index in [-0.39, 0.29) is 24.7 Å². The fraction of sp³-hybridized carbons (Fsp3) is 0.500. The highest BCUT2D eigenvalue weighted by Gasteiger charge is 2.38. The summed E-state index contributed by atoms with van der Waals surface area (Å²) in [5.74, 6) is -0.986. The highest BCUT2D eigenvalue weighted by molar-refractivity contribution is 7.89. The predicted molar refractivity (Wildman–Crippen MR) is 93.6 cm³/mol. The summed E-state index contributed by atoms with van der Waals surface area (Å²) in [4.78, 5) is 14.3. The summed E-state index contributed by atoms with van der Waals surface area (Å²) in [6.07, 6.45) is -0.867. The summed E-state index contributed by atoms with van der Waals surface area (Å²) in [7, 11) is 1.24. The van der Waals surface area contributed by atoms with Crippen LogP contribution in [0.3, 0.4) is 0 Å². The number of para-hydroxylation sites is 1. The van der Waals surface area contributed by atoms with E-state index in [2.05, 4.69) is 5.10 Å². The fourth-order valence-electron chi connectivity index (χ4n) is 3.12. The number of aromatic nitrogens is 2. The van der Waals surface area contributed by atoms with Gasteiger partial charge in [-0.1, -0.05) is 18.2 Å². The summed E-state index contributed by atoms with van der Waals surface area (Å²) in [6, 6.07) is 7.42. The lowest BCUT2D eigenvalue weighted by Crippen LogP contribution is -2.33. The molecule has 8 nitrogen and oxygen atoms in total. The van der Waals surface area contributed by atoms with E-state index in [1.807, 2.05) is 24.3 Å². The molecule has 0 saturated carbocycles. The number of fused-ring (bicyclic) bond motifs is 1. The summed E-state index contributed by atoms with van der Waals surface area (Å²) < 4.78 is 26.9. The zero-order valence-corrected chi connectivity index (χ0v) is 15.3. The van der Waals surface area contributed by atoms with E-state index in [0.717, 1.165) is 15.2 Å². The van der Waals surface area contributed by atoms with E-state index in [1.54, 1.807) is 11.7 Å². The van der Waals surface area contributed by atoms with Crippen LogP contribution in [-0.2, 0) is 17.1 Å². The number of rotatable bonds is 4. The minimum absolute atomic E-state index is 0.108. The average molecular weight is 366 g/mol. The van der Waals surface area contributed by atoms with Crippen molar-refractivity contribution in [2.45, 2.75) is 6.10 Å². The maximum Gasteiger partial charge on any atom is 0.275 e. The number of sulfonamides is 1. The Balaban J connectivity index is 1.82. The zero-order chi connectivity index (χ0) is 18.4. The first-order chi connectivity index (χ1) is 11.7. The van der Waals surface area contributed by atoms with Gasteiger partial charge in [-0.25, -0.2) is 12.7 Å². The third kappa shape index (κ3) is 3.26. The first kappa shape index (κ1) is 17.8. The Morgan fingerprint density at radius 2 is 2.00 bits per heavy atom. The molecule has 2 heterocycles. The number of benzene rings is 1. The van der Waals surface area contributed by atoms with E-state index >= 15 is 0 Å². The molecule has 0 bridgehead atoms. The molecule has 1 amide bonds. The van der Waals surface area contributed by atoms with Gasteiger partial charge in [0.05, 0.1) is 17.4 Å². The molecule has 0 radical (unpaired) electrons. The second-order valence-corrected chi connectivity index (χ2v) is 8.82. The smallest absolute Gasteiger partial charge is 0.275 e. The minimum Gasteiger partial charge on any atom is -0.391 e. The van der Waals surface area contributed by atoms with E-state index in [9.17, 15) is 18.3 Å². The fourth-order valence-corrected chi connectivity index (χ4v) is 4.29. The van der Waals surface area contributed by atoms with Gasteiger partial charge in [-0.15, -0.1) is 0 Å². The van der Waals surface area contributed by atoms with E-state index in [4.69, 9.17) is 0 Å². The molecule has 1 aromatic heterocycles. The Morgan fingerprint density at radius 1 is 1.32 bits per heavy atom. The van der Waals surface area contributed by atoms with Crippen LogP contribution in [0.25, 0.3) is 10.9 Å². The van der Waals surface area contributed by atoms with Gasteiger partial charge >= 0.3 is 0 Å². The maximum absolute atomic E-state index is 12.8. The third-order valence-corrected chi connectivity index (χ3v) is 6.60. The molecular formula is C16H22N4O4S. The number of aliphatic hydroxyl groups is 1. The van der Waals surface area contributed by atoms with Gasteiger partial charge in [0.1, 0.15) is 0 Å². The van der Waals surface area contributed by atoms with Gasteiger partial charge in [0, 0.05) is 45.5 Å². The molecule has 0 aliphatic carbocycles. The van der Waals surface area contributed by atoms with Crippen LogP contribution >= 0.6 is 0 Å². The van der Waals surface area contributed by atoms with Crippen molar-refractivity contribution in [1.29, 1.82) is 0 Å². The zero-order valence-electron chi connectivity index (χ0n) is 14.5. The molecule has 0 unspecified atom stereocenters. The molecule has 3 rings (SSSR count). The Bertz CT molecular complexity index is 906. The minimum atomic E-state index is -3.44. The molecule has 1 N–H and O–H groups in total. The number of nitrogens with zero attached hydrogens (tertiary/aromatic N) is 4. The van der Waals surface area contributed by atoms with Gasteiger partial charge in [-0.3, -0.25) is 9.48 Å². The van der Waals surface area contributed by atoms with Crippen LogP contribution in [0.5, 0.6) is 0 Å². The molecule has 9 heteroatoms. The van der Waals surface area contributed by atoms with Gasteiger partial charge in [0.25, 0.3) is 5.91 Å². The van der Waals surface area contributed by atoms with Crippen molar-refractivity contribution >= 4 is 26.8 Å². The Labute approximate surface area is 146 Å². The van der Waals surface area contributed by atoms with Gasteiger partial charge < -0.3 is 10.0 Å². The summed E-state index contributed by atoms with van der Waals surface area (Å²) in [6.45, 7) is 0.301. The van der Waals surface area contributed by atoms with Gasteiger partial charge in [-0.2, -0.15) is 5.10 Å². The van der Waals surface area contributed by atoms with E-state index < -0.39 is 22.0 Å². The molecule has 136 valence electrons. The van der Waals surface area contributed by atoms with Crippen molar-refractivity contribution < 1.29 is 18.3 Å². The summed E-state index contributed by atoms with van der Waals surface area (Å²) >= 11 is 0. The highest BCUT2D eigenvalue weighted by atomic mass is 32.2. The van der Waals surface area contributed by atoms with Crippen LogP contribution in [0.1, 0.15) is 10.5 Å². The standard InChI is InChI=1S/C16H22N4O4S/c1-18(2)25(23,24)10-11-8-20(9-14(11)21)16(22)15-12-6-4-5-7-13(12)19(3)17-15/h4-7,11,14,21H,8-10H2,1-3H3/t11-,14-/m0/s1. The number of amides is 1. The summed E-state index contributed by atoms with van der Waals surface area (Å²) in [5, 5.41) is 15.3. The van der Waals surface area contributed by atoms with Crippen molar-refractivity contribution in [1.82, 2.24) is 19.0 Å². The molecule has 2 aromatic rings. The summed E-state index contributed by atoms with van der Waals surface area (Å²) in [5.41, 5.74) is 1.17. The van der Waals surface area contributed by atoms with Crippen LogP contribution in [-0.4, -0.2) is 77.5 Å². The normalized spacial score (nSPS) is 21.4. The second kappa shape index (κ2) is 6.40. The maximum atomic E-state index is 12.8. The largest absolute Gasteiger partial charge is 0.391 e. The number of carbonyl (C=O) groups excluding carboxylic acids is 1. The lowest BCUT2D eigenvalue weighted by molar-refractivity contribution is 0.0760. The Morgan fingerprint density at radius 3 is 2.68 bits per heavy atom. The number of aryl methyl sites for hydroxylation is 1. The van der Waals surface area contributed by atoms with Crippen LogP contribution in [0.4, 0.5) is 0 Å². The van der Waals surface area contributed by atoms with Crippen LogP contribution in [0.15, 0.2) is 24.3 Å². The number of aliphatic hydroxyl groups excluding tert-OH is 1. The predicted octanol–water partition coefficient (Wildman–Crippen LogP) is -0.102. The molecule has 1 aromatic carbocycles. The van der Waals surface area contributed by atoms with Gasteiger partial charge in [-0.05, 0) is 6.07 Å². The van der Waals surface area contributed by atoms with Crippen molar-refractivity contribution in [2.75, 3.05) is 32.9 Å². The van der Waals surface area contributed by atoms with Crippen LogP contribution in [0, 0.1) is 5.92 Å². The SMILES string of the molecule is CN(C)S(=O)(=O)C[C@@H]1CN(C(=O)c2nn(C)c3ccccc23)C[C@@H]1O. The lowest BCUT2D eigenvalue weighted by atomic mass is 10.1. The molecule has 1 aliphatic rings. The molecule has 1 aliphatic heterocycles.